The minimum absolute atomic E-state index is 0.0660. The van der Waals surface area contributed by atoms with Crippen molar-refractivity contribution >= 4 is 51.5 Å². The van der Waals surface area contributed by atoms with E-state index in [4.69, 9.17) is 15.1 Å². The van der Waals surface area contributed by atoms with E-state index >= 15 is 0 Å². The fourth-order valence-corrected chi connectivity index (χ4v) is 4.54. The van der Waals surface area contributed by atoms with Gasteiger partial charge in [0.15, 0.2) is 5.17 Å². The van der Waals surface area contributed by atoms with Crippen molar-refractivity contribution in [3.8, 4) is 5.75 Å². The molecule has 2 aliphatic rings. The van der Waals surface area contributed by atoms with Crippen LogP contribution < -0.4 is 9.64 Å². The van der Waals surface area contributed by atoms with Gasteiger partial charge in [0.1, 0.15) is 11.6 Å². The van der Waals surface area contributed by atoms with Gasteiger partial charge in [-0.3, -0.25) is 15.0 Å². The van der Waals surface area contributed by atoms with Crippen molar-refractivity contribution in [3.63, 3.8) is 0 Å². The molecule has 7 nitrogen and oxygen atoms in total. The zero-order chi connectivity index (χ0) is 20.5. The lowest BCUT2D eigenvalue weighted by molar-refractivity contribution is -0.135. The number of rotatable bonds is 3. The fourth-order valence-electron chi connectivity index (χ4n) is 3.67. The Kier molecular flexibility index (Phi) is 5.27. The van der Waals surface area contributed by atoms with Gasteiger partial charge in [-0.15, -0.1) is 0 Å². The second-order valence-corrected chi connectivity index (χ2v) is 8.11. The van der Waals surface area contributed by atoms with Crippen LogP contribution in [0.4, 0.5) is 5.82 Å². The van der Waals surface area contributed by atoms with E-state index in [1.54, 1.807) is 13.2 Å². The molecule has 0 bridgehead atoms. The summed E-state index contributed by atoms with van der Waals surface area (Å²) in [5, 5.41) is 8.80. The molecular weight excluding hydrogens is 388 g/mol. The molecule has 0 atom stereocenters. The zero-order valence-corrected chi connectivity index (χ0v) is 17.2. The number of anilines is 1. The van der Waals surface area contributed by atoms with Crippen LogP contribution in [0.2, 0.25) is 0 Å². The molecule has 3 heterocycles. The Morgan fingerprint density at radius 1 is 1.24 bits per heavy atom. The molecule has 2 aromatic rings. The smallest absolute Gasteiger partial charge is 0.273 e. The van der Waals surface area contributed by atoms with Crippen LogP contribution >= 0.6 is 11.8 Å². The first-order chi connectivity index (χ1) is 14.0. The molecule has 2 saturated heterocycles. The normalized spacial score (nSPS) is 18.8. The lowest BCUT2D eigenvalue weighted by Crippen LogP contribution is -2.33. The van der Waals surface area contributed by atoms with E-state index in [0.717, 1.165) is 70.6 Å². The van der Waals surface area contributed by atoms with E-state index in [1.807, 2.05) is 24.3 Å². The van der Waals surface area contributed by atoms with Gasteiger partial charge in [0.05, 0.1) is 17.5 Å². The Labute approximate surface area is 173 Å². The predicted octanol–water partition coefficient (Wildman–Crippen LogP) is 3.63. The number of amidine groups is 1. The molecular formula is C21H22N4O3S. The number of fused-ring (bicyclic) bond motifs is 1. The molecule has 1 N–H and O–H groups in total. The van der Waals surface area contributed by atoms with E-state index < -0.39 is 11.8 Å². The zero-order valence-electron chi connectivity index (χ0n) is 16.4. The van der Waals surface area contributed by atoms with Gasteiger partial charge in [-0.25, -0.2) is 9.88 Å². The Hall–Kier alpha value is -2.87. The largest absolute Gasteiger partial charge is 0.497 e. The lowest BCUT2D eigenvalue weighted by atomic mass is 10.1. The quantitative estimate of drug-likeness (QED) is 0.778. The van der Waals surface area contributed by atoms with Gasteiger partial charge in [0.25, 0.3) is 5.91 Å². The number of carbonyl (C=O) groups excluding carboxylic acids is 2. The molecule has 2 fully saturated rings. The third-order valence-corrected chi connectivity index (χ3v) is 6.00. The number of carbonyl (C=O) groups is 2. The van der Waals surface area contributed by atoms with Gasteiger partial charge < -0.3 is 9.64 Å². The van der Waals surface area contributed by atoms with Gasteiger partial charge in [-0.1, -0.05) is 0 Å². The SMILES string of the molecule is COc1ccc2nc(N3CCCCC3)c(/C=C3/SC(=N)N(C(C)=O)C3=O)cc2c1. The molecule has 0 spiro atoms. The number of hydrogen-bond acceptors (Lipinski definition) is 7. The van der Waals surface area contributed by atoms with Crippen molar-refractivity contribution < 1.29 is 14.3 Å². The number of nitrogens with one attached hydrogen (secondary N) is 1. The van der Waals surface area contributed by atoms with E-state index in [9.17, 15) is 9.59 Å². The van der Waals surface area contributed by atoms with Gasteiger partial charge in [-0.2, -0.15) is 0 Å². The highest BCUT2D eigenvalue weighted by molar-refractivity contribution is 8.18. The van der Waals surface area contributed by atoms with Crippen LogP contribution in [0.1, 0.15) is 31.7 Å². The summed E-state index contributed by atoms with van der Waals surface area (Å²) in [5.74, 6) is 0.659. The van der Waals surface area contributed by atoms with E-state index in [-0.39, 0.29) is 5.17 Å². The standard InChI is InChI=1S/C21H22N4O3S/c1-13(26)25-20(27)18(29-21(25)22)12-15-10-14-11-16(28-2)6-7-17(14)23-19(15)24-8-4-3-5-9-24/h6-7,10-12,22H,3-5,8-9H2,1-2H3/b18-12+,22-21?. The monoisotopic (exact) mass is 410 g/mol. The summed E-state index contributed by atoms with van der Waals surface area (Å²) in [7, 11) is 1.62. The first kappa shape index (κ1) is 19.4. The van der Waals surface area contributed by atoms with Crippen molar-refractivity contribution in [2.24, 2.45) is 0 Å². The molecule has 150 valence electrons. The molecule has 1 aromatic heterocycles. The summed E-state index contributed by atoms with van der Waals surface area (Å²) in [6.45, 7) is 3.13. The summed E-state index contributed by atoms with van der Waals surface area (Å²) in [4.78, 5) is 32.7. The number of aromatic nitrogens is 1. The Morgan fingerprint density at radius 3 is 2.66 bits per heavy atom. The Morgan fingerprint density at radius 2 is 2.00 bits per heavy atom. The van der Waals surface area contributed by atoms with Crippen LogP contribution in [0, 0.1) is 5.41 Å². The van der Waals surface area contributed by atoms with Gasteiger partial charge in [-0.05, 0) is 61.4 Å². The van der Waals surface area contributed by atoms with Gasteiger partial charge in [0.2, 0.25) is 5.91 Å². The average molecular weight is 410 g/mol. The third kappa shape index (κ3) is 3.72. The van der Waals surface area contributed by atoms with Crippen LogP contribution in [0.25, 0.3) is 17.0 Å². The average Bonchev–Trinajstić information content (AvgIpc) is 3.00. The first-order valence-electron chi connectivity index (χ1n) is 9.55. The fraction of sp³-hybridized carbons (Fsp3) is 0.333. The Bertz CT molecular complexity index is 1040. The number of hydrogen-bond donors (Lipinski definition) is 1. The van der Waals surface area contributed by atoms with Crippen molar-refractivity contribution in [2.75, 3.05) is 25.1 Å². The number of methoxy groups -OCH3 is 1. The summed E-state index contributed by atoms with van der Waals surface area (Å²) in [5.41, 5.74) is 1.67. The van der Waals surface area contributed by atoms with E-state index in [2.05, 4.69) is 4.90 Å². The molecule has 8 heteroatoms. The maximum Gasteiger partial charge on any atom is 0.273 e. The molecule has 29 heavy (non-hydrogen) atoms. The molecule has 0 unspecified atom stereocenters. The summed E-state index contributed by atoms with van der Waals surface area (Å²) >= 11 is 1.00. The molecule has 2 aliphatic heterocycles. The van der Waals surface area contributed by atoms with Gasteiger partial charge in [0, 0.05) is 31.0 Å². The first-order valence-corrected chi connectivity index (χ1v) is 10.4. The molecule has 4 rings (SSSR count). The van der Waals surface area contributed by atoms with E-state index in [0.29, 0.717) is 4.91 Å². The second kappa shape index (κ2) is 7.87. The maximum absolute atomic E-state index is 12.6. The lowest BCUT2D eigenvalue weighted by Gasteiger charge is -2.29. The van der Waals surface area contributed by atoms with Gasteiger partial charge >= 0.3 is 0 Å². The van der Waals surface area contributed by atoms with Crippen LogP contribution in [0.3, 0.4) is 0 Å². The number of nitrogens with zero attached hydrogens (tertiary/aromatic N) is 3. The second-order valence-electron chi connectivity index (χ2n) is 7.08. The third-order valence-electron chi connectivity index (χ3n) is 5.11. The number of imide groups is 1. The number of piperidine rings is 1. The topological polar surface area (TPSA) is 86.6 Å². The van der Waals surface area contributed by atoms with Crippen LogP contribution in [0.15, 0.2) is 29.2 Å². The number of amides is 2. The summed E-state index contributed by atoms with van der Waals surface area (Å²) in [6, 6.07) is 7.73. The number of pyridine rings is 1. The van der Waals surface area contributed by atoms with Crippen LogP contribution in [-0.4, -0.2) is 47.1 Å². The molecule has 0 aliphatic carbocycles. The van der Waals surface area contributed by atoms with E-state index in [1.165, 1.54) is 13.3 Å². The molecule has 1 aromatic carbocycles. The molecule has 0 saturated carbocycles. The highest BCUT2D eigenvalue weighted by Crippen LogP contribution is 2.35. The minimum atomic E-state index is -0.456. The van der Waals surface area contributed by atoms with Crippen molar-refractivity contribution in [1.29, 1.82) is 5.41 Å². The predicted molar refractivity (Wildman–Crippen MR) is 115 cm³/mol. The van der Waals surface area contributed by atoms with Crippen LogP contribution in [-0.2, 0) is 9.59 Å². The highest BCUT2D eigenvalue weighted by atomic mass is 32.2. The van der Waals surface area contributed by atoms with Crippen molar-refractivity contribution in [3.05, 3.63) is 34.7 Å². The number of ether oxygens (including phenoxy) is 1. The van der Waals surface area contributed by atoms with Crippen molar-refractivity contribution in [2.45, 2.75) is 26.2 Å². The Balaban J connectivity index is 1.83. The summed E-state index contributed by atoms with van der Waals surface area (Å²) in [6.07, 6.45) is 5.17. The van der Waals surface area contributed by atoms with Crippen LogP contribution in [0.5, 0.6) is 5.75 Å². The number of thioether (sulfide) groups is 1. The molecule has 2 amide bonds. The summed E-state index contributed by atoms with van der Waals surface area (Å²) < 4.78 is 5.33. The minimum Gasteiger partial charge on any atom is -0.497 e. The molecule has 0 radical (unpaired) electrons. The maximum atomic E-state index is 12.6. The number of benzene rings is 1. The highest BCUT2D eigenvalue weighted by Gasteiger charge is 2.35. The van der Waals surface area contributed by atoms with Crippen molar-refractivity contribution in [1.82, 2.24) is 9.88 Å².